The second-order valence-corrected chi connectivity index (χ2v) is 12.1. The summed E-state index contributed by atoms with van der Waals surface area (Å²) in [5.41, 5.74) is 8.09. The van der Waals surface area contributed by atoms with E-state index in [0.29, 0.717) is 16.5 Å². The third-order valence-electron chi connectivity index (χ3n) is 7.90. The summed E-state index contributed by atoms with van der Waals surface area (Å²) in [4.78, 5) is 30.5. The van der Waals surface area contributed by atoms with E-state index in [9.17, 15) is 4.79 Å². The SMILES string of the molecule is Cc1csc(C(=O)Nc2cccc(-c3nc4ccccn4c3-c3ccnc(Nc4ccc(CCN5CCCC5)cc4)n3)c2)c1. The number of likely N-dealkylation sites (tertiary alicyclic amines) is 1. The Kier molecular flexibility index (Phi) is 7.87. The van der Waals surface area contributed by atoms with E-state index in [-0.39, 0.29) is 5.91 Å². The van der Waals surface area contributed by atoms with Gasteiger partial charge in [0.1, 0.15) is 5.65 Å². The summed E-state index contributed by atoms with van der Waals surface area (Å²) < 4.78 is 2.04. The third-order valence-corrected chi connectivity index (χ3v) is 8.95. The van der Waals surface area contributed by atoms with Crippen LogP contribution in [0.1, 0.15) is 33.6 Å². The molecule has 6 aromatic rings. The molecule has 1 amide bonds. The summed E-state index contributed by atoms with van der Waals surface area (Å²) in [5, 5.41) is 8.39. The van der Waals surface area contributed by atoms with Crippen molar-refractivity contribution in [3.63, 3.8) is 0 Å². The topological polar surface area (TPSA) is 87.5 Å². The number of aromatic nitrogens is 4. The average Bonchev–Trinajstić information content (AvgIpc) is 3.81. The molecule has 2 aromatic carbocycles. The Morgan fingerprint density at radius 3 is 2.61 bits per heavy atom. The summed E-state index contributed by atoms with van der Waals surface area (Å²) in [5.74, 6) is 0.387. The fourth-order valence-corrected chi connectivity index (χ4v) is 6.45. The van der Waals surface area contributed by atoms with Crippen LogP contribution in [-0.2, 0) is 6.42 Å². The van der Waals surface area contributed by atoms with Crippen molar-refractivity contribution >= 4 is 40.2 Å². The quantitative estimate of drug-likeness (QED) is 0.179. The van der Waals surface area contributed by atoms with E-state index in [1.807, 2.05) is 77.5 Å². The molecule has 0 saturated carbocycles. The lowest BCUT2D eigenvalue weighted by Gasteiger charge is -2.14. The first kappa shape index (κ1) is 27.9. The number of nitrogens with one attached hydrogen (secondary N) is 2. The minimum absolute atomic E-state index is 0.124. The molecule has 1 aliphatic heterocycles. The number of aryl methyl sites for hydroxylation is 1. The second-order valence-electron chi connectivity index (χ2n) is 11.1. The van der Waals surface area contributed by atoms with Crippen LogP contribution in [0, 0.1) is 6.92 Å². The van der Waals surface area contributed by atoms with Crippen LogP contribution in [0.25, 0.3) is 28.3 Å². The standard InChI is InChI=1S/C35H33N7OS/c1-24-21-30(44-23-24)34(43)37-28-8-6-7-26(22-28)32-33(42-19-3-2-9-31(42)40-32)29-14-16-36-35(39-29)38-27-12-10-25(11-13-27)15-20-41-17-4-5-18-41/h2-3,6-14,16,19,21-23H,4-5,15,17-18,20H2,1H3,(H,37,43)(H,36,38,39). The van der Waals surface area contributed by atoms with E-state index in [1.54, 1.807) is 6.20 Å². The van der Waals surface area contributed by atoms with Gasteiger partial charge in [0.25, 0.3) is 5.91 Å². The summed E-state index contributed by atoms with van der Waals surface area (Å²) in [6.07, 6.45) is 7.45. The van der Waals surface area contributed by atoms with Crippen LogP contribution in [-0.4, -0.2) is 49.8 Å². The van der Waals surface area contributed by atoms with Crippen molar-refractivity contribution in [1.82, 2.24) is 24.3 Å². The van der Waals surface area contributed by atoms with Crippen molar-refractivity contribution in [1.29, 1.82) is 0 Å². The monoisotopic (exact) mass is 599 g/mol. The van der Waals surface area contributed by atoms with E-state index in [0.717, 1.165) is 52.5 Å². The number of carbonyl (C=O) groups excluding carboxylic acids is 1. The third kappa shape index (κ3) is 6.10. The van der Waals surface area contributed by atoms with Crippen LogP contribution in [0.4, 0.5) is 17.3 Å². The number of carbonyl (C=O) groups is 1. The van der Waals surface area contributed by atoms with Crippen molar-refractivity contribution in [3.8, 4) is 22.6 Å². The van der Waals surface area contributed by atoms with E-state index in [1.165, 1.54) is 42.8 Å². The Morgan fingerprint density at radius 1 is 0.932 bits per heavy atom. The first-order chi connectivity index (χ1) is 21.6. The molecule has 9 heteroatoms. The zero-order valence-electron chi connectivity index (χ0n) is 24.5. The minimum atomic E-state index is -0.124. The molecule has 220 valence electrons. The first-order valence-electron chi connectivity index (χ1n) is 14.9. The predicted octanol–water partition coefficient (Wildman–Crippen LogP) is 7.46. The lowest BCUT2D eigenvalue weighted by Crippen LogP contribution is -2.21. The smallest absolute Gasteiger partial charge is 0.265 e. The molecule has 1 saturated heterocycles. The van der Waals surface area contributed by atoms with Crippen LogP contribution >= 0.6 is 11.3 Å². The maximum absolute atomic E-state index is 12.9. The Bertz CT molecular complexity index is 1920. The van der Waals surface area contributed by atoms with Gasteiger partial charge in [-0.25, -0.2) is 15.0 Å². The average molecular weight is 600 g/mol. The number of nitrogens with zero attached hydrogens (tertiary/aromatic N) is 5. The molecule has 1 fully saturated rings. The molecule has 7 rings (SSSR count). The van der Waals surface area contributed by atoms with E-state index in [2.05, 4.69) is 44.8 Å². The highest BCUT2D eigenvalue weighted by Crippen LogP contribution is 2.33. The molecule has 2 N–H and O–H groups in total. The number of benzene rings is 2. The first-order valence-corrected chi connectivity index (χ1v) is 15.8. The molecular weight excluding hydrogens is 567 g/mol. The molecule has 8 nitrogen and oxygen atoms in total. The Morgan fingerprint density at radius 2 is 1.80 bits per heavy atom. The molecule has 0 aliphatic carbocycles. The lowest BCUT2D eigenvalue weighted by molar-refractivity contribution is 0.103. The van der Waals surface area contributed by atoms with Gasteiger partial charge in [-0.1, -0.05) is 30.3 Å². The molecular formula is C35H33N7OS. The highest BCUT2D eigenvalue weighted by Gasteiger charge is 2.19. The van der Waals surface area contributed by atoms with Crippen molar-refractivity contribution in [2.24, 2.45) is 0 Å². The van der Waals surface area contributed by atoms with E-state index in [4.69, 9.17) is 9.97 Å². The predicted molar refractivity (Wildman–Crippen MR) is 178 cm³/mol. The number of anilines is 3. The van der Waals surface area contributed by atoms with Crippen LogP contribution in [0.15, 0.2) is 96.6 Å². The summed E-state index contributed by atoms with van der Waals surface area (Å²) >= 11 is 1.44. The number of hydrogen-bond donors (Lipinski definition) is 2. The Hall–Kier alpha value is -4.86. The van der Waals surface area contributed by atoms with Crippen molar-refractivity contribution in [3.05, 3.63) is 113 Å². The summed E-state index contributed by atoms with van der Waals surface area (Å²) in [6.45, 7) is 5.54. The van der Waals surface area contributed by atoms with Crippen LogP contribution in [0.5, 0.6) is 0 Å². The number of amides is 1. The number of pyridine rings is 1. The zero-order valence-corrected chi connectivity index (χ0v) is 25.3. The van der Waals surface area contributed by atoms with Gasteiger partial charge in [0, 0.05) is 35.9 Å². The van der Waals surface area contributed by atoms with Crippen molar-refractivity contribution in [2.45, 2.75) is 26.2 Å². The van der Waals surface area contributed by atoms with Gasteiger partial charge in [-0.2, -0.15) is 0 Å². The fraction of sp³-hybridized carbons (Fsp3) is 0.200. The number of fused-ring (bicyclic) bond motifs is 1. The number of hydrogen-bond acceptors (Lipinski definition) is 7. The second kappa shape index (κ2) is 12.4. The van der Waals surface area contributed by atoms with Crippen molar-refractivity contribution < 1.29 is 4.79 Å². The van der Waals surface area contributed by atoms with Gasteiger partial charge in [-0.15, -0.1) is 11.3 Å². The molecule has 0 radical (unpaired) electrons. The van der Waals surface area contributed by atoms with Crippen LogP contribution < -0.4 is 10.6 Å². The van der Waals surface area contributed by atoms with Gasteiger partial charge >= 0.3 is 0 Å². The summed E-state index contributed by atoms with van der Waals surface area (Å²) in [6, 6.07) is 26.0. The van der Waals surface area contributed by atoms with Gasteiger partial charge in [-0.05, 0) is 104 Å². The number of thiophene rings is 1. The van der Waals surface area contributed by atoms with Gasteiger partial charge in [0.2, 0.25) is 5.95 Å². The van der Waals surface area contributed by atoms with Gasteiger partial charge in [0.15, 0.2) is 0 Å². The van der Waals surface area contributed by atoms with Gasteiger partial charge in [0.05, 0.1) is 22.0 Å². The van der Waals surface area contributed by atoms with Gasteiger partial charge < -0.3 is 15.5 Å². The van der Waals surface area contributed by atoms with Crippen LogP contribution in [0.2, 0.25) is 0 Å². The normalized spacial score (nSPS) is 13.4. The molecule has 1 aliphatic rings. The van der Waals surface area contributed by atoms with Gasteiger partial charge in [-0.3, -0.25) is 9.20 Å². The molecule has 44 heavy (non-hydrogen) atoms. The Balaban J connectivity index is 1.15. The largest absolute Gasteiger partial charge is 0.324 e. The molecule has 0 bridgehead atoms. The summed E-state index contributed by atoms with van der Waals surface area (Å²) in [7, 11) is 0. The van der Waals surface area contributed by atoms with E-state index < -0.39 is 0 Å². The molecule has 0 atom stereocenters. The number of imidazole rings is 1. The number of rotatable bonds is 9. The molecule has 0 spiro atoms. The highest BCUT2D eigenvalue weighted by molar-refractivity contribution is 7.12. The molecule has 4 aromatic heterocycles. The Labute approximate surface area is 260 Å². The minimum Gasteiger partial charge on any atom is -0.324 e. The molecule has 0 unspecified atom stereocenters. The zero-order chi connectivity index (χ0) is 29.9. The maximum atomic E-state index is 12.9. The fourth-order valence-electron chi connectivity index (χ4n) is 5.66. The van der Waals surface area contributed by atoms with Crippen molar-refractivity contribution in [2.75, 3.05) is 30.3 Å². The van der Waals surface area contributed by atoms with Crippen LogP contribution in [0.3, 0.4) is 0 Å². The molecule has 5 heterocycles. The lowest BCUT2D eigenvalue weighted by atomic mass is 10.1. The maximum Gasteiger partial charge on any atom is 0.265 e. The highest BCUT2D eigenvalue weighted by atomic mass is 32.1. The van der Waals surface area contributed by atoms with E-state index >= 15 is 0 Å².